The van der Waals surface area contributed by atoms with E-state index >= 15 is 0 Å². The first-order valence-corrected chi connectivity index (χ1v) is 16.6. The summed E-state index contributed by atoms with van der Waals surface area (Å²) in [5.74, 6) is -1.98. The molecule has 2 bridgehead atoms. The third-order valence-electron chi connectivity index (χ3n) is 9.52. The summed E-state index contributed by atoms with van der Waals surface area (Å²) >= 11 is 3.77. The van der Waals surface area contributed by atoms with Gasteiger partial charge in [-0.05, 0) is 64.3 Å². The maximum absolute atomic E-state index is 14.7. The van der Waals surface area contributed by atoms with Crippen molar-refractivity contribution in [3.05, 3.63) is 49.6 Å². The summed E-state index contributed by atoms with van der Waals surface area (Å²) in [6, 6.07) is 5.63. The molecular weight excluding hydrogens is 626 g/mol. The zero-order valence-electron chi connectivity index (χ0n) is 26.9. The van der Waals surface area contributed by atoms with Crippen LogP contribution in [-0.4, -0.2) is 93.1 Å². The lowest BCUT2D eigenvalue weighted by atomic mass is 9.70. The van der Waals surface area contributed by atoms with Gasteiger partial charge in [-0.2, -0.15) is 0 Å². The van der Waals surface area contributed by atoms with Gasteiger partial charge < -0.3 is 29.3 Å². The number of carbonyl (C=O) groups is 3. The number of ether oxygens (including phenoxy) is 2. The van der Waals surface area contributed by atoms with E-state index < -0.39 is 41.2 Å². The number of hydrogen-bond donors (Lipinski definition) is 1. The molecule has 3 aliphatic heterocycles. The number of aliphatic hydroxyl groups excluding tert-OH is 1. The van der Waals surface area contributed by atoms with Crippen LogP contribution in [0.5, 0.6) is 5.75 Å². The van der Waals surface area contributed by atoms with Crippen LogP contribution < -0.4 is 9.64 Å². The van der Waals surface area contributed by atoms with Crippen LogP contribution in [0.1, 0.15) is 54.4 Å². The molecule has 0 aliphatic carbocycles. The van der Waals surface area contributed by atoms with E-state index in [2.05, 4.69) is 29.1 Å². The van der Waals surface area contributed by atoms with Gasteiger partial charge in [0.25, 0.3) is 0 Å². The number of fused-ring (bicyclic) bond motifs is 1. The number of benzene rings is 1. The van der Waals surface area contributed by atoms with Crippen molar-refractivity contribution < 1.29 is 29.0 Å². The Morgan fingerprint density at radius 1 is 1.18 bits per heavy atom. The quantitative estimate of drug-likeness (QED) is 0.243. The lowest BCUT2D eigenvalue weighted by molar-refractivity contribution is -0.155. The predicted molar refractivity (Wildman–Crippen MR) is 175 cm³/mol. The number of halogens is 1. The Morgan fingerprint density at radius 2 is 1.82 bits per heavy atom. The highest BCUT2D eigenvalue weighted by Gasteiger charge is 2.77. The molecule has 0 saturated carbocycles. The molecule has 3 amide bonds. The molecule has 0 aromatic heterocycles. The minimum Gasteiger partial charge on any atom is -0.494 e. The molecule has 3 heterocycles. The second-order valence-electron chi connectivity index (χ2n) is 13.1. The number of aliphatic hydroxyl groups is 1. The highest BCUT2D eigenvalue weighted by Crippen LogP contribution is 2.61. The van der Waals surface area contributed by atoms with Gasteiger partial charge in [0.1, 0.15) is 17.4 Å². The maximum atomic E-state index is 14.7. The zero-order valence-corrected chi connectivity index (χ0v) is 28.5. The van der Waals surface area contributed by atoms with Gasteiger partial charge in [-0.1, -0.05) is 48.4 Å². The summed E-state index contributed by atoms with van der Waals surface area (Å²) in [7, 11) is 0. The van der Waals surface area contributed by atoms with Gasteiger partial charge in [-0.3, -0.25) is 14.4 Å². The Morgan fingerprint density at radius 3 is 2.34 bits per heavy atom. The Bertz CT molecular complexity index is 1250. The number of hydrogen-bond acceptors (Lipinski definition) is 6. The lowest BCUT2D eigenvalue weighted by Crippen LogP contribution is -2.62. The van der Waals surface area contributed by atoms with Gasteiger partial charge in [0.05, 0.1) is 37.2 Å². The number of nitrogens with zero attached hydrogens (tertiary/aromatic N) is 3. The van der Waals surface area contributed by atoms with Crippen molar-refractivity contribution in [2.24, 2.45) is 17.8 Å². The Balaban J connectivity index is 1.84. The highest BCUT2D eigenvalue weighted by molar-refractivity contribution is 9.09. The topological polar surface area (TPSA) is 99.6 Å². The highest BCUT2D eigenvalue weighted by atomic mass is 79.9. The number of carbonyl (C=O) groups excluding carboxylic acids is 3. The van der Waals surface area contributed by atoms with Crippen molar-refractivity contribution in [1.29, 1.82) is 0 Å². The number of alkyl halides is 1. The first-order chi connectivity index (χ1) is 20.8. The van der Waals surface area contributed by atoms with Crippen LogP contribution in [0.2, 0.25) is 0 Å². The number of likely N-dealkylation sites (tertiary alicyclic amines) is 1. The van der Waals surface area contributed by atoms with Crippen molar-refractivity contribution in [3.8, 4) is 5.75 Å². The molecule has 8 atom stereocenters. The summed E-state index contributed by atoms with van der Waals surface area (Å²) in [5.41, 5.74) is -1.17. The van der Waals surface area contributed by atoms with Crippen LogP contribution in [0.15, 0.2) is 49.6 Å². The molecular formula is C34H48BrN3O6. The third kappa shape index (κ3) is 5.73. The standard InChI is InChI=1S/C34H48BrN3O6/c1-9-17-36(22-13-15-23(16-14-22)43-12-4)30(40)26-27-31(41)38(25(20-39)21(5)11-3)29(34(27)19-24(35)28(26)44-34)32(42)37(18-10-2)33(6,7)8/h9-10,13-16,21,24-29,39H,1-2,11-12,17-20H2,3-8H3/t21-,24?,25-,26+,27-,28+,29?,34?/m0/s1. The SMILES string of the molecule is C=CCN(C(=O)[C@H]1[C@@H]2OC3(CC2Br)C(C(=O)N(CC=C)C(C)(C)C)N([C@@H](CO)[C@@H](C)CC)C(=O)[C@H]13)c1ccc(OCC)cc1. The minimum absolute atomic E-state index is 0.0933. The first kappa shape index (κ1) is 34.2. The van der Waals surface area contributed by atoms with Crippen molar-refractivity contribution >= 4 is 39.3 Å². The molecule has 242 valence electrons. The molecule has 1 N–H and O–H groups in total. The molecule has 3 fully saturated rings. The van der Waals surface area contributed by atoms with E-state index in [-0.39, 0.29) is 48.2 Å². The van der Waals surface area contributed by atoms with Gasteiger partial charge in [0, 0.05) is 29.1 Å². The van der Waals surface area contributed by atoms with Crippen LogP contribution in [0.3, 0.4) is 0 Å². The van der Waals surface area contributed by atoms with Crippen molar-refractivity contribution in [2.75, 3.05) is 31.2 Å². The van der Waals surface area contributed by atoms with E-state index in [0.29, 0.717) is 30.9 Å². The van der Waals surface area contributed by atoms with Crippen molar-refractivity contribution in [3.63, 3.8) is 0 Å². The van der Waals surface area contributed by atoms with Crippen LogP contribution in [-0.2, 0) is 19.1 Å². The van der Waals surface area contributed by atoms with E-state index in [0.717, 1.165) is 0 Å². The largest absolute Gasteiger partial charge is 0.494 e. The molecule has 3 aliphatic rings. The number of rotatable bonds is 13. The second kappa shape index (κ2) is 13.3. The van der Waals surface area contributed by atoms with Gasteiger partial charge in [0.2, 0.25) is 17.7 Å². The van der Waals surface area contributed by atoms with E-state index in [4.69, 9.17) is 9.47 Å². The monoisotopic (exact) mass is 673 g/mol. The van der Waals surface area contributed by atoms with Crippen molar-refractivity contribution in [1.82, 2.24) is 9.80 Å². The third-order valence-corrected chi connectivity index (χ3v) is 10.4. The molecule has 3 saturated heterocycles. The summed E-state index contributed by atoms with van der Waals surface area (Å²) in [6.45, 7) is 20.2. The number of anilines is 1. The maximum Gasteiger partial charge on any atom is 0.249 e. The molecule has 3 unspecified atom stereocenters. The molecule has 9 nitrogen and oxygen atoms in total. The second-order valence-corrected chi connectivity index (χ2v) is 14.3. The fourth-order valence-electron chi connectivity index (χ4n) is 7.29. The number of amides is 3. The fourth-order valence-corrected chi connectivity index (χ4v) is 8.24. The van der Waals surface area contributed by atoms with Crippen molar-refractivity contribution in [2.45, 2.75) is 88.5 Å². The average Bonchev–Trinajstić information content (AvgIpc) is 3.58. The van der Waals surface area contributed by atoms with E-state index in [1.165, 1.54) is 0 Å². The Kier molecular flexibility index (Phi) is 10.4. The van der Waals surface area contributed by atoms with E-state index in [1.54, 1.807) is 26.9 Å². The lowest BCUT2D eigenvalue weighted by Gasteiger charge is -2.44. The summed E-state index contributed by atoms with van der Waals surface area (Å²) in [6.07, 6.45) is 3.80. The summed E-state index contributed by atoms with van der Waals surface area (Å²) in [5, 5.41) is 10.7. The predicted octanol–water partition coefficient (Wildman–Crippen LogP) is 4.57. The normalized spacial score (nSPS) is 28.8. The molecule has 1 aromatic carbocycles. The average molecular weight is 675 g/mol. The summed E-state index contributed by atoms with van der Waals surface area (Å²) in [4.78, 5) is 48.7. The minimum atomic E-state index is -1.24. The Hall–Kier alpha value is -2.69. The first-order valence-electron chi connectivity index (χ1n) is 15.6. The molecule has 10 heteroatoms. The van der Waals surface area contributed by atoms with E-state index in [1.807, 2.05) is 65.8 Å². The van der Waals surface area contributed by atoms with Crippen LogP contribution in [0.4, 0.5) is 5.69 Å². The smallest absolute Gasteiger partial charge is 0.249 e. The van der Waals surface area contributed by atoms with Crippen LogP contribution >= 0.6 is 15.9 Å². The van der Waals surface area contributed by atoms with Gasteiger partial charge >= 0.3 is 0 Å². The molecule has 44 heavy (non-hydrogen) atoms. The summed E-state index contributed by atoms with van der Waals surface area (Å²) < 4.78 is 12.4. The van der Waals surface area contributed by atoms with Gasteiger partial charge in [-0.25, -0.2) is 0 Å². The van der Waals surface area contributed by atoms with Gasteiger partial charge in [-0.15, -0.1) is 13.2 Å². The van der Waals surface area contributed by atoms with E-state index in [9.17, 15) is 19.5 Å². The fraction of sp³-hybridized carbons (Fsp3) is 0.618. The molecule has 1 spiro atoms. The van der Waals surface area contributed by atoms with Crippen LogP contribution in [0, 0.1) is 17.8 Å². The molecule has 1 aromatic rings. The molecule has 0 radical (unpaired) electrons. The van der Waals surface area contributed by atoms with Crippen LogP contribution in [0.25, 0.3) is 0 Å². The molecule has 4 rings (SSSR count). The van der Waals surface area contributed by atoms with Gasteiger partial charge in [0.15, 0.2) is 0 Å². The zero-order chi connectivity index (χ0) is 32.6. The Labute approximate surface area is 270 Å².